The van der Waals surface area contributed by atoms with Crippen molar-refractivity contribution in [1.29, 1.82) is 0 Å². The molecule has 1 saturated heterocycles. The molecule has 158 valence electrons. The second kappa shape index (κ2) is 10.4. The van der Waals surface area contributed by atoms with Gasteiger partial charge in [0, 0.05) is 43.1 Å². The van der Waals surface area contributed by atoms with Crippen LogP contribution in [-0.2, 0) is 9.59 Å². The first-order valence-corrected chi connectivity index (χ1v) is 11.0. The lowest BCUT2D eigenvalue weighted by atomic mass is 9.88. The predicted octanol–water partition coefficient (Wildman–Crippen LogP) is 2.88. The minimum Gasteiger partial charge on any atom is -0.351 e. The first-order valence-electron chi connectivity index (χ1n) is 11.0. The molecular formula is C23H33N3O3. The van der Waals surface area contributed by atoms with E-state index in [1.54, 1.807) is 12.1 Å². The van der Waals surface area contributed by atoms with Gasteiger partial charge in [0.05, 0.1) is 0 Å². The Morgan fingerprint density at radius 2 is 1.55 bits per heavy atom. The highest BCUT2D eigenvalue weighted by molar-refractivity contribution is 5.94. The van der Waals surface area contributed by atoms with Crippen LogP contribution in [0.25, 0.3) is 0 Å². The van der Waals surface area contributed by atoms with Gasteiger partial charge in [0.15, 0.2) is 0 Å². The lowest BCUT2D eigenvalue weighted by Gasteiger charge is -2.36. The Labute approximate surface area is 173 Å². The molecule has 1 heterocycles. The molecule has 3 amide bonds. The molecule has 6 nitrogen and oxygen atoms in total. The summed E-state index contributed by atoms with van der Waals surface area (Å²) in [6.07, 6.45) is 6.77. The lowest BCUT2D eigenvalue weighted by Crippen LogP contribution is -2.55. The summed E-state index contributed by atoms with van der Waals surface area (Å²) in [6, 6.07) is 9.15. The molecule has 0 spiro atoms. The van der Waals surface area contributed by atoms with Gasteiger partial charge in [-0.2, -0.15) is 0 Å². The Hall–Kier alpha value is -2.37. The lowest BCUT2D eigenvalue weighted by molar-refractivity contribution is -0.136. The van der Waals surface area contributed by atoms with Crippen molar-refractivity contribution >= 4 is 17.7 Å². The Morgan fingerprint density at radius 3 is 2.17 bits per heavy atom. The molecule has 29 heavy (non-hydrogen) atoms. The van der Waals surface area contributed by atoms with Crippen LogP contribution in [0, 0.1) is 5.92 Å². The van der Waals surface area contributed by atoms with Crippen LogP contribution in [0.5, 0.6) is 0 Å². The molecule has 0 radical (unpaired) electrons. The molecule has 2 fully saturated rings. The van der Waals surface area contributed by atoms with Gasteiger partial charge in [-0.25, -0.2) is 0 Å². The SMILES string of the molecule is CCCC(=O)N1CCC(C(=O)N[C@@H]2CCCC[C@H]2NC(=O)c2ccccc2)CC1. The monoisotopic (exact) mass is 399 g/mol. The summed E-state index contributed by atoms with van der Waals surface area (Å²) in [5, 5.41) is 6.33. The smallest absolute Gasteiger partial charge is 0.251 e. The van der Waals surface area contributed by atoms with E-state index < -0.39 is 0 Å². The van der Waals surface area contributed by atoms with Crippen molar-refractivity contribution in [2.75, 3.05) is 13.1 Å². The zero-order valence-corrected chi connectivity index (χ0v) is 17.4. The fraction of sp³-hybridized carbons (Fsp3) is 0.609. The predicted molar refractivity (Wildman–Crippen MR) is 112 cm³/mol. The number of nitrogens with one attached hydrogen (secondary N) is 2. The van der Waals surface area contributed by atoms with Crippen molar-refractivity contribution in [2.45, 2.75) is 70.4 Å². The van der Waals surface area contributed by atoms with Crippen LogP contribution in [-0.4, -0.2) is 47.8 Å². The maximum absolute atomic E-state index is 12.8. The van der Waals surface area contributed by atoms with Crippen LogP contribution in [0.1, 0.15) is 68.6 Å². The van der Waals surface area contributed by atoms with Crippen LogP contribution < -0.4 is 10.6 Å². The average Bonchev–Trinajstić information content (AvgIpc) is 2.76. The van der Waals surface area contributed by atoms with Gasteiger partial charge in [0.2, 0.25) is 11.8 Å². The van der Waals surface area contributed by atoms with E-state index in [0.29, 0.717) is 25.1 Å². The number of likely N-dealkylation sites (tertiary alicyclic amines) is 1. The molecule has 2 atom stereocenters. The van der Waals surface area contributed by atoms with Crippen LogP contribution in [0.2, 0.25) is 0 Å². The van der Waals surface area contributed by atoms with E-state index in [0.717, 1.165) is 44.9 Å². The number of carbonyl (C=O) groups excluding carboxylic acids is 3. The number of benzene rings is 1. The van der Waals surface area contributed by atoms with E-state index in [-0.39, 0.29) is 35.7 Å². The average molecular weight is 400 g/mol. The molecule has 1 aliphatic heterocycles. The molecule has 3 rings (SSSR count). The van der Waals surface area contributed by atoms with Crippen molar-refractivity contribution in [3.8, 4) is 0 Å². The van der Waals surface area contributed by atoms with Gasteiger partial charge < -0.3 is 15.5 Å². The van der Waals surface area contributed by atoms with E-state index in [4.69, 9.17) is 0 Å². The van der Waals surface area contributed by atoms with Crippen molar-refractivity contribution in [1.82, 2.24) is 15.5 Å². The summed E-state index contributed by atoms with van der Waals surface area (Å²) < 4.78 is 0. The van der Waals surface area contributed by atoms with Gasteiger partial charge >= 0.3 is 0 Å². The second-order valence-corrected chi connectivity index (χ2v) is 8.25. The highest BCUT2D eigenvalue weighted by atomic mass is 16.2. The van der Waals surface area contributed by atoms with Gasteiger partial charge in [-0.15, -0.1) is 0 Å². The molecular weight excluding hydrogens is 366 g/mol. The number of hydrogen-bond donors (Lipinski definition) is 2. The quantitative estimate of drug-likeness (QED) is 0.772. The Morgan fingerprint density at radius 1 is 0.931 bits per heavy atom. The summed E-state index contributed by atoms with van der Waals surface area (Å²) in [7, 11) is 0. The second-order valence-electron chi connectivity index (χ2n) is 8.25. The summed E-state index contributed by atoms with van der Waals surface area (Å²) in [4.78, 5) is 39.3. The molecule has 0 bridgehead atoms. The largest absolute Gasteiger partial charge is 0.351 e. The van der Waals surface area contributed by atoms with Crippen molar-refractivity contribution in [2.24, 2.45) is 5.92 Å². The molecule has 0 unspecified atom stereocenters. The summed E-state index contributed by atoms with van der Waals surface area (Å²) in [6.45, 7) is 3.33. The number of piperidine rings is 1. The first-order chi connectivity index (χ1) is 14.1. The van der Waals surface area contributed by atoms with Crippen LogP contribution >= 0.6 is 0 Å². The molecule has 6 heteroatoms. The van der Waals surface area contributed by atoms with Crippen molar-refractivity contribution < 1.29 is 14.4 Å². The van der Waals surface area contributed by atoms with Crippen LogP contribution in [0.15, 0.2) is 30.3 Å². The maximum Gasteiger partial charge on any atom is 0.251 e. The van der Waals surface area contributed by atoms with E-state index in [1.165, 1.54) is 0 Å². The minimum atomic E-state index is -0.0838. The third-order valence-electron chi connectivity index (χ3n) is 6.13. The Bertz CT molecular complexity index is 699. The van der Waals surface area contributed by atoms with E-state index >= 15 is 0 Å². The third-order valence-corrected chi connectivity index (χ3v) is 6.13. The first kappa shape index (κ1) is 21.3. The van der Waals surface area contributed by atoms with Crippen LogP contribution in [0.4, 0.5) is 0 Å². The number of amides is 3. The normalized spacial score (nSPS) is 22.7. The van der Waals surface area contributed by atoms with Gasteiger partial charge in [-0.1, -0.05) is 38.0 Å². The van der Waals surface area contributed by atoms with Gasteiger partial charge in [0.25, 0.3) is 5.91 Å². The number of hydrogen-bond acceptors (Lipinski definition) is 3. The number of nitrogens with zero attached hydrogens (tertiary/aromatic N) is 1. The zero-order valence-electron chi connectivity index (χ0n) is 17.4. The summed E-state index contributed by atoms with van der Waals surface area (Å²) in [5.74, 6) is 0.133. The highest BCUT2D eigenvalue weighted by Crippen LogP contribution is 2.22. The summed E-state index contributed by atoms with van der Waals surface area (Å²) in [5.41, 5.74) is 0.646. The Kier molecular flexibility index (Phi) is 7.67. The third kappa shape index (κ3) is 5.81. The van der Waals surface area contributed by atoms with E-state index in [1.807, 2.05) is 30.0 Å². The van der Waals surface area contributed by atoms with Gasteiger partial charge in [-0.05, 0) is 44.2 Å². The molecule has 1 saturated carbocycles. The highest BCUT2D eigenvalue weighted by Gasteiger charge is 2.32. The molecule has 2 N–H and O–H groups in total. The zero-order chi connectivity index (χ0) is 20.6. The minimum absolute atomic E-state index is 0.0244. The molecule has 1 aliphatic carbocycles. The van der Waals surface area contributed by atoms with Crippen molar-refractivity contribution in [3.63, 3.8) is 0 Å². The molecule has 1 aromatic carbocycles. The van der Waals surface area contributed by atoms with Crippen LogP contribution in [0.3, 0.4) is 0 Å². The summed E-state index contributed by atoms with van der Waals surface area (Å²) >= 11 is 0. The fourth-order valence-electron chi connectivity index (χ4n) is 4.38. The molecule has 1 aromatic rings. The Balaban J connectivity index is 1.52. The standard InChI is InChI=1S/C23H33N3O3/c1-2-8-21(27)26-15-13-18(14-16-26)23(29)25-20-12-7-6-11-19(20)24-22(28)17-9-4-3-5-10-17/h3-5,9-10,18-20H,2,6-8,11-16H2,1H3,(H,24,28)(H,25,29)/t19-,20-/m1/s1. The topological polar surface area (TPSA) is 78.5 Å². The van der Waals surface area contributed by atoms with Gasteiger partial charge in [-0.3, -0.25) is 14.4 Å². The van der Waals surface area contributed by atoms with E-state index in [9.17, 15) is 14.4 Å². The maximum atomic E-state index is 12.8. The van der Waals surface area contributed by atoms with Gasteiger partial charge in [0.1, 0.15) is 0 Å². The number of rotatable bonds is 6. The fourth-order valence-corrected chi connectivity index (χ4v) is 4.38. The van der Waals surface area contributed by atoms with E-state index in [2.05, 4.69) is 10.6 Å². The molecule has 0 aromatic heterocycles. The number of carbonyl (C=O) groups is 3. The molecule has 2 aliphatic rings. The van der Waals surface area contributed by atoms with Crippen molar-refractivity contribution in [3.05, 3.63) is 35.9 Å².